The number of hydrogen-bond acceptors (Lipinski definition) is 10. The fourth-order valence-corrected chi connectivity index (χ4v) is 2.82. The Balaban J connectivity index is 2.82. The number of hydrogen-bond donors (Lipinski definition) is 4. The molecule has 0 aliphatic carbocycles. The van der Waals surface area contributed by atoms with Crippen molar-refractivity contribution >= 4 is 20.0 Å². The molecule has 5 N–H and O–H groups in total. The van der Waals surface area contributed by atoms with Gasteiger partial charge in [0, 0.05) is 6.20 Å². The highest BCUT2D eigenvalue weighted by molar-refractivity contribution is 7.36. The summed E-state index contributed by atoms with van der Waals surface area (Å²) >= 11 is 0. The van der Waals surface area contributed by atoms with Gasteiger partial charge in [-0.15, -0.1) is 4.52 Å². The number of ether oxygens (including phenoxy) is 2. The van der Waals surface area contributed by atoms with Crippen molar-refractivity contribution in [2.75, 3.05) is 18.9 Å². The first kappa shape index (κ1) is 26.0. The third-order valence-electron chi connectivity index (χ3n) is 3.66. The fourth-order valence-electron chi connectivity index (χ4n) is 2.04. The van der Waals surface area contributed by atoms with Crippen LogP contribution in [0.25, 0.3) is 0 Å². The summed E-state index contributed by atoms with van der Waals surface area (Å²) in [5.74, 6) is -3.75. The highest BCUT2D eigenvalue weighted by Crippen LogP contribution is 2.29. The van der Waals surface area contributed by atoms with Gasteiger partial charge in [-0.05, 0) is 38.3 Å². The van der Waals surface area contributed by atoms with Crippen LogP contribution in [0.5, 0.6) is 0 Å². The van der Waals surface area contributed by atoms with Gasteiger partial charge in [-0.1, -0.05) is 5.09 Å². The monoisotopic (exact) mass is 453 g/mol. The fraction of sp³-hybridized carbons (Fsp3) is 0.688. The number of nitrogens with zero attached hydrogens (tertiary/aromatic N) is 2. The van der Waals surface area contributed by atoms with E-state index < -0.39 is 57.3 Å². The van der Waals surface area contributed by atoms with Crippen LogP contribution in [0.3, 0.4) is 0 Å². The highest BCUT2D eigenvalue weighted by atomic mass is 31.1. The number of carbonyl (C=O) groups is 1. The van der Waals surface area contributed by atoms with Crippen LogP contribution in [0.15, 0.2) is 17.1 Å². The summed E-state index contributed by atoms with van der Waals surface area (Å²) < 4.78 is 42.8. The molecule has 12 nitrogen and oxygen atoms in total. The molecule has 0 spiro atoms. The second kappa shape index (κ2) is 11.4. The minimum Gasteiger partial charge on any atom is -0.462 e. The van der Waals surface area contributed by atoms with Gasteiger partial charge < -0.3 is 25.4 Å². The SMILES string of the molecule is CC(C)OC(=O)[C@H](C)N[P+](=O)OC[C@@](F)(O[C@H](CO)n1ccc(N)nc1=O)[C@H](C)O. The number of nitrogen functional groups attached to an aromatic ring is 1. The van der Waals surface area contributed by atoms with Gasteiger partial charge in [0.05, 0.1) is 12.7 Å². The Morgan fingerprint density at radius 3 is 2.57 bits per heavy atom. The standard InChI is InChI=1S/C16H26FN4O8P/c1-9(2)28-14(24)10(3)20-30(26)27-8-16(17,11(4)23)29-13(7-22)21-6-5-12(18)19-15(21)25/h5-6,9-11,13,22-23H,7-8H2,1-4H3,(H2-,18,19,20,25,26)/p+1/t10-,11-,13+,16+/m0/s1. The molecule has 1 aromatic rings. The number of aliphatic hydroxyl groups excluding tert-OH is 2. The Morgan fingerprint density at radius 2 is 2.07 bits per heavy atom. The summed E-state index contributed by atoms with van der Waals surface area (Å²) in [5, 5.41) is 21.6. The van der Waals surface area contributed by atoms with Gasteiger partial charge in [0.1, 0.15) is 18.0 Å². The topological polar surface area (TPSA) is 175 Å². The van der Waals surface area contributed by atoms with Gasteiger partial charge in [-0.3, -0.25) is 9.36 Å². The van der Waals surface area contributed by atoms with Crippen LogP contribution in [0.4, 0.5) is 10.2 Å². The third kappa shape index (κ3) is 7.67. The van der Waals surface area contributed by atoms with Gasteiger partial charge in [-0.2, -0.15) is 4.98 Å². The smallest absolute Gasteiger partial charge is 0.462 e. The lowest BCUT2D eigenvalue weighted by Gasteiger charge is -2.30. The lowest BCUT2D eigenvalue weighted by Crippen LogP contribution is -2.47. The molecule has 0 aliphatic rings. The summed E-state index contributed by atoms with van der Waals surface area (Å²) in [5.41, 5.74) is 4.46. The van der Waals surface area contributed by atoms with Gasteiger partial charge >= 0.3 is 19.8 Å². The molecule has 1 unspecified atom stereocenters. The number of rotatable bonds is 12. The Bertz CT molecular complexity index is 793. The average molecular weight is 453 g/mol. The number of carbonyl (C=O) groups excluding carboxylic acids is 1. The second-order valence-corrected chi connectivity index (χ2v) is 7.66. The number of alkyl halides is 1. The van der Waals surface area contributed by atoms with Crippen molar-refractivity contribution in [2.45, 2.75) is 58.0 Å². The third-order valence-corrected chi connectivity index (χ3v) is 4.62. The van der Waals surface area contributed by atoms with Crippen LogP contribution in [0.2, 0.25) is 0 Å². The molecule has 0 saturated heterocycles. The molecule has 170 valence electrons. The lowest BCUT2D eigenvalue weighted by molar-refractivity contribution is -0.263. The Labute approximate surface area is 173 Å². The maximum Gasteiger partial charge on any atom is 0.614 e. The van der Waals surface area contributed by atoms with E-state index in [1.165, 1.54) is 13.0 Å². The molecule has 30 heavy (non-hydrogen) atoms. The number of halogens is 1. The highest BCUT2D eigenvalue weighted by Gasteiger charge is 2.44. The maximum absolute atomic E-state index is 15.2. The van der Waals surface area contributed by atoms with Crippen molar-refractivity contribution in [3.8, 4) is 0 Å². The van der Waals surface area contributed by atoms with Crippen LogP contribution in [0, 0.1) is 0 Å². The van der Waals surface area contributed by atoms with E-state index in [2.05, 4.69) is 10.1 Å². The first-order valence-corrected chi connectivity index (χ1v) is 10.1. The minimum absolute atomic E-state index is 0.0912. The molecule has 0 aromatic carbocycles. The molecule has 0 saturated carbocycles. The molecule has 0 fully saturated rings. The van der Waals surface area contributed by atoms with Crippen molar-refractivity contribution in [3.05, 3.63) is 22.7 Å². The van der Waals surface area contributed by atoms with Crippen LogP contribution in [0.1, 0.15) is 33.9 Å². The normalized spacial score (nSPS) is 17.1. The number of esters is 1. The van der Waals surface area contributed by atoms with Gasteiger partial charge in [-0.25, -0.2) is 9.18 Å². The number of nitrogens with two attached hydrogens (primary N) is 1. The predicted molar refractivity (Wildman–Crippen MR) is 103 cm³/mol. The van der Waals surface area contributed by atoms with Crippen molar-refractivity contribution in [1.82, 2.24) is 14.6 Å². The molecule has 14 heteroatoms. The van der Waals surface area contributed by atoms with E-state index in [0.717, 1.165) is 17.7 Å². The first-order chi connectivity index (χ1) is 13.9. The molecule has 0 amide bonds. The second-order valence-electron chi connectivity index (χ2n) is 6.63. The van der Waals surface area contributed by atoms with E-state index in [9.17, 15) is 24.4 Å². The summed E-state index contributed by atoms with van der Waals surface area (Å²) in [6.45, 7) is 3.78. The molecule has 0 aliphatic heterocycles. The quantitative estimate of drug-likeness (QED) is 0.247. The van der Waals surface area contributed by atoms with E-state index in [-0.39, 0.29) is 11.9 Å². The molecule has 1 aromatic heterocycles. The zero-order valence-electron chi connectivity index (χ0n) is 17.0. The van der Waals surface area contributed by atoms with E-state index in [1.54, 1.807) is 13.8 Å². The first-order valence-electron chi connectivity index (χ1n) is 8.96. The summed E-state index contributed by atoms with van der Waals surface area (Å²) in [6, 6.07) is 0.215. The van der Waals surface area contributed by atoms with Crippen LogP contribution < -0.4 is 16.5 Å². The Kier molecular flexibility index (Phi) is 9.88. The summed E-state index contributed by atoms with van der Waals surface area (Å²) in [6.07, 6.45) is -2.65. The number of aliphatic hydroxyl groups is 2. The summed E-state index contributed by atoms with van der Waals surface area (Å²) in [7, 11) is -2.75. The van der Waals surface area contributed by atoms with Crippen molar-refractivity contribution in [1.29, 1.82) is 0 Å². The minimum atomic E-state index is -2.97. The van der Waals surface area contributed by atoms with E-state index in [1.807, 2.05) is 0 Å². The van der Waals surface area contributed by atoms with Gasteiger partial charge in [0.25, 0.3) is 5.85 Å². The summed E-state index contributed by atoms with van der Waals surface area (Å²) in [4.78, 5) is 27.0. The van der Waals surface area contributed by atoms with Crippen molar-refractivity contribution in [2.24, 2.45) is 0 Å². The average Bonchev–Trinajstić information content (AvgIpc) is 2.64. The van der Waals surface area contributed by atoms with Crippen LogP contribution in [-0.2, 0) is 23.4 Å². The Morgan fingerprint density at radius 1 is 1.43 bits per heavy atom. The number of anilines is 1. The molecular formula is C16H27FN4O8P+. The predicted octanol–water partition coefficient (Wildman–Crippen LogP) is -0.0167. The lowest BCUT2D eigenvalue weighted by atomic mass is 10.2. The molecule has 5 atom stereocenters. The molecule has 1 heterocycles. The van der Waals surface area contributed by atoms with Gasteiger partial charge in [0.2, 0.25) is 0 Å². The zero-order chi connectivity index (χ0) is 23.1. The molecular weight excluding hydrogens is 426 g/mol. The molecule has 0 radical (unpaired) electrons. The van der Waals surface area contributed by atoms with Crippen LogP contribution >= 0.6 is 8.18 Å². The van der Waals surface area contributed by atoms with Crippen molar-refractivity contribution < 1.29 is 38.0 Å². The largest absolute Gasteiger partial charge is 0.614 e. The van der Waals surface area contributed by atoms with E-state index in [4.69, 9.17) is 19.7 Å². The van der Waals surface area contributed by atoms with E-state index >= 15 is 4.39 Å². The number of nitrogens with one attached hydrogen (secondary N) is 1. The maximum atomic E-state index is 15.2. The zero-order valence-corrected chi connectivity index (χ0v) is 17.9. The Hall–Kier alpha value is -2.02. The molecule has 0 bridgehead atoms. The van der Waals surface area contributed by atoms with Crippen molar-refractivity contribution in [3.63, 3.8) is 0 Å². The number of aromatic nitrogens is 2. The molecule has 1 rings (SSSR count). The van der Waals surface area contributed by atoms with E-state index in [0.29, 0.717) is 0 Å². The van der Waals surface area contributed by atoms with Gasteiger partial charge in [0.15, 0.2) is 12.8 Å². The van der Waals surface area contributed by atoms with Crippen LogP contribution in [-0.4, -0.2) is 63.1 Å².